The molecule has 0 aliphatic carbocycles. The highest BCUT2D eigenvalue weighted by atomic mass is 16.3. The Hall–Kier alpha value is -3.87. The molecular weight excluding hydrogens is 466 g/mol. The van der Waals surface area contributed by atoms with Gasteiger partial charge in [-0.15, -0.1) is 0 Å². The maximum atomic E-state index is 12.9. The molecule has 9 nitrogen and oxygen atoms in total. The van der Waals surface area contributed by atoms with Crippen LogP contribution in [0.2, 0.25) is 0 Å². The van der Waals surface area contributed by atoms with Gasteiger partial charge in [0.2, 0.25) is 5.95 Å². The fourth-order valence-corrected chi connectivity index (χ4v) is 4.99. The van der Waals surface area contributed by atoms with Gasteiger partial charge in [-0.25, -0.2) is 15.0 Å². The van der Waals surface area contributed by atoms with Gasteiger partial charge in [-0.05, 0) is 69.6 Å². The number of likely N-dealkylation sites (tertiary alicyclic amines) is 1. The zero-order valence-electron chi connectivity index (χ0n) is 21.0. The summed E-state index contributed by atoms with van der Waals surface area (Å²) in [6.07, 6.45) is 6.30. The van der Waals surface area contributed by atoms with E-state index >= 15 is 0 Å². The molecule has 1 aromatic carbocycles. The van der Waals surface area contributed by atoms with E-state index in [-0.39, 0.29) is 5.78 Å². The molecule has 2 aromatic heterocycles. The first-order valence-electron chi connectivity index (χ1n) is 12.7. The van der Waals surface area contributed by atoms with Crippen LogP contribution in [0.5, 0.6) is 0 Å². The van der Waals surface area contributed by atoms with Crippen molar-refractivity contribution in [3.8, 4) is 17.3 Å². The summed E-state index contributed by atoms with van der Waals surface area (Å²) >= 11 is 0. The van der Waals surface area contributed by atoms with Crippen LogP contribution in [-0.2, 0) is 0 Å². The average molecular weight is 498 g/mol. The lowest BCUT2D eigenvalue weighted by Crippen LogP contribution is -2.31. The topological polar surface area (TPSA) is 118 Å². The Balaban J connectivity index is 1.29. The largest absolute Gasteiger partial charge is 0.391 e. The summed E-state index contributed by atoms with van der Waals surface area (Å²) < 4.78 is 0. The van der Waals surface area contributed by atoms with Crippen LogP contribution in [0.3, 0.4) is 0 Å². The molecule has 0 unspecified atom stereocenters. The van der Waals surface area contributed by atoms with Gasteiger partial charge in [-0.3, -0.25) is 4.79 Å². The SMILES string of the molecule is CN1CCC(CC(=O)c2cccc(Nc3nccc(-c4cnc(N5CC[C@H](O)C5)c(C#N)c4)n3)c2)CC1. The fraction of sp³-hybridized carbons (Fsp3) is 0.393. The number of benzene rings is 1. The Morgan fingerprint density at radius 1 is 1.16 bits per heavy atom. The van der Waals surface area contributed by atoms with E-state index < -0.39 is 6.10 Å². The zero-order valence-corrected chi connectivity index (χ0v) is 21.0. The number of nitrogens with zero attached hydrogens (tertiary/aromatic N) is 6. The molecule has 2 saturated heterocycles. The highest BCUT2D eigenvalue weighted by molar-refractivity contribution is 5.97. The van der Waals surface area contributed by atoms with Gasteiger partial charge in [0, 0.05) is 48.7 Å². The third-order valence-electron chi connectivity index (χ3n) is 7.15. The van der Waals surface area contributed by atoms with Gasteiger partial charge in [0.1, 0.15) is 11.9 Å². The number of β-amino-alcohol motifs (C(OH)–C–C–N with tert-alkyl or cyclic N) is 1. The first-order chi connectivity index (χ1) is 18.0. The standard InChI is InChI=1S/C28H31N7O2/c1-34-10-6-19(7-11-34)13-26(37)20-3-2-4-23(15-20)32-28-30-9-5-25(33-28)22-14-21(16-29)27(31-17-22)35-12-8-24(36)18-35/h2-5,9,14-15,17,19,24,36H,6-8,10-13,18H2,1H3,(H,30,32,33)/t24-/m0/s1. The summed E-state index contributed by atoms with van der Waals surface area (Å²) in [5, 5.41) is 22.7. The van der Waals surface area contributed by atoms with Crippen LogP contribution < -0.4 is 10.2 Å². The Morgan fingerprint density at radius 2 is 2.00 bits per heavy atom. The van der Waals surface area contributed by atoms with Crippen molar-refractivity contribution in [2.45, 2.75) is 31.8 Å². The number of anilines is 3. The van der Waals surface area contributed by atoms with Gasteiger partial charge >= 0.3 is 0 Å². The number of nitrogens with one attached hydrogen (secondary N) is 1. The van der Waals surface area contributed by atoms with Gasteiger partial charge in [-0.2, -0.15) is 5.26 Å². The monoisotopic (exact) mass is 497 g/mol. The molecule has 9 heteroatoms. The highest BCUT2D eigenvalue weighted by Gasteiger charge is 2.24. The third kappa shape index (κ3) is 5.93. The summed E-state index contributed by atoms with van der Waals surface area (Å²) in [7, 11) is 2.12. The molecule has 4 heterocycles. The summed E-state index contributed by atoms with van der Waals surface area (Å²) in [5.74, 6) is 1.57. The molecule has 2 N–H and O–H groups in total. The van der Waals surface area contributed by atoms with E-state index in [0.29, 0.717) is 66.0 Å². The molecule has 1 atom stereocenters. The number of piperidine rings is 1. The van der Waals surface area contributed by atoms with E-state index in [2.05, 4.69) is 38.3 Å². The molecule has 2 aliphatic heterocycles. The van der Waals surface area contributed by atoms with Gasteiger partial charge < -0.3 is 20.2 Å². The maximum Gasteiger partial charge on any atom is 0.227 e. The lowest BCUT2D eigenvalue weighted by atomic mass is 9.90. The molecule has 2 aliphatic rings. The predicted octanol–water partition coefficient (Wildman–Crippen LogP) is 3.64. The summed E-state index contributed by atoms with van der Waals surface area (Å²) in [6, 6.07) is 13.2. The van der Waals surface area contributed by atoms with Crippen molar-refractivity contribution in [2.24, 2.45) is 5.92 Å². The minimum absolute atomic E-state index is 0.161. The van der Waals surface area contributed by atoms with E-state index in [1.54, 1.807) is 24.5 Å². The Labute approximate surface area is 216 Å². The van der Waals surface area contributed by atoms with Crippen LogP contribution in [-0.4, -0.2) is 70.1 Å². The lowest BCUT2D eigenvalue weighted by molar-refractivity contribution is 0.0936. The van der Waals surface area contributed by atoms with Crippen LogP contribution in [0.15, 0.2) is 48.8 Å². The molecule has 190 valence electrons. The van der Waals surface area contributed by atoms with E-state index in [1.165, 1.54) is 0 Å². The molecule has 5 rings (SSSR count). The van der Waals surface area contributed by atoms with Gasteiger partial charge in [-0.1, -0.05) is 12.1 Å². The summed E-state index contributed by atoms with van der Waals surface area (Å²) in [5.41, 5.74) is 3.20. The van der Waals surface area contributed by atoms with E-state index in [1.807, 2.05) is 29.2 Å². The predicted molar refractivity (Wildman–Crippen MR) is 142 cm³/mol. The van der Waals surface area contributed by atoms with Crippen molar-refractivity contribution in [2.75, 3.05) is 43.4 Å². The number of ketones is 1. The zero-order chi connectivity index (χ0) is 25.8. The third-order valence-corrected chi connectivity index (χ3v) is 7.15. The normalized spacial score (nSPS) is 18.5. The molecule has 2 fully saturated rings. The molecule has 0 saturated carbocycles. The number of aliphatic hydroxyl groups excluding tert-OH is 1. The van der Waals surface area contributed by atoms with Gasteiger partial charge in [0.15, 0.2) is 5.78 Å². The Bertz CT molecular complexity index is 1310. The van der Waals surface area contributed by atoms with Crippen molar-refractivity contribution >= 4 is 23.2 Å². The molecule has 0 radical (unpaired) electrons. The number of nitriles is 1. The molecule has 3 aromatic rings. The lowest BCUT2D eigenvalue weighted by Gasteiger charge is -2.28. The number of carbonyl (C=O) groups excluding carboxylic acids is 1. The molecule has 37 heavy (non-hydrogen) atoms. The number of aromatic nitrogens is 3. The Kier molecular flexibility index (Phi) is 7.40. The van der Waals surface area contributed by atoms with E-state index in [4.69, 9.17) is 0 Å². The van der Waals surface area contributed by atoms with Crippen LogP contribution in [0.25, 0.3) is 11.3 Å². The molecule has 0 spiro atoms. The minimum atomic E-state index is -0.397. The van der Waals surface area contributed by atoms with Crippen LogP contribution in [0.4, 0.5) is 17.5 Å². The number of rotatable bonds is 7. The van der Waals surface area contributed by atoms with Crippen LogP contribution in [0, 0.1) is 17.2 Å². The number of hydrogen-bond donors (Lipinski definition) is 2. The quantitative estimate of drug-likeness (QED) is 0.472. The smallest absolute Gasteiger partial charge is 0.227 e. The van der Waals surface area contributed by atoms with Crippen molar-refractivity contribution < 1.29 is 9.90 Å². The van der Waals surface area contributed by atoms with Crippen molar-refractivity contribution in [1.29, 1.82) is 5.26 Å². The first-order valence-corrected chi connectivity index (χ1v) is 12.7. The van der Waals surface area contributed by atoms with Crippen molar-refractivity contribution in [1.82, 2.24) is 19.9 Å². The van der Waals surface area contributed by atoms with E-state index in [9.17, 15) is 15.2 Å². The fourth-order valence-electron chi connectivity index (χ4n) is 4.99. The second-order valence-corrected chi connectivity index (χ2v) is 9.94. The number of aliphatic hydroxyl groups is 1. The van der Waals surface area contributed by atoms with Crippen LogP contribution >= 0.6 is 0 Å². The highest BCUT2D eigenvalue weighted by Crippen LogP contribution is 2.27. The first kappa shape index (κ1) is 24.8. The molecule has 0 amide bonds. The maximum absolute atomic E-state index is 12.9. The van der Waals surface area contributed by atoms with Crippen molar-refractivity contribution in [3.05, 3.63) is 59.9 Å². The van der Waals surface area contributed by atoms with Crippen molar-refractivity contribution in [3.63, 3.8) is 0 Å². The van der Waals surface area contributed by atoms with E-state index in [0.717, 1.165) is 31.6 Å². The number of pyridine rings is 1. The second kappa shape index (κ2) is 11.0. The minimum Gasteiger partial charge on any atom is -0.391 e. The number of Topliss-reactive ketones (excluding diaryl/α,β-unsaturated/α-hetero) is 1. The molecule has 0 bridgehead atoms. The summed E-state index contributed by atoms with van der Waals surface area (Å²) in [6.45, 7) is 3.23. The average Bonchev–Trinajstić information content (AvgIpc) is 3.36. The number of hydrogen-bond acceptors (Lipinski definition) is 9. The Morgan fingerprint density at radius 3 is 2.76 bits per heavy atom. The summed E-state index contributed by atoms with van der Waals surface area (Å²) in [4.78, 5) is 30.6. The number of carbonyl (C=O) groups is 1. The second-order valence-electron chi connectivity index (χ2n) is 9.94. The van der Waals surface area contributed by atoms with Gasteiger partial charge in [0.05, 0.1) is 17.4 Å². The molecular formula is C28H31N7O2. The van der Waals surface area contributed by atoms with Crippen LogP contribution in [0.1, 0.15) is 41.6 Å². The van der Waals surface area contributed by atoms with Gasteiger partial charge in [0.25, 0.3) is 0 Å².